The van der Waals surface area contributed by atoms with Crippen LogP contribution in [-0.2, 0) is 17.7 Å². The Bertz CT molecular complexity index is 1800. The number of nitrogens with two attached hydrogens (primary N) is 1. The summed E-state index contributed by atoms with van der Waals surface area (Å²) in [6.45, 7) is 7.38. The third-order valence-electron chi connectivity index (χ3n) is 6.89. The lowest BCUT2D eigenvalue weighted by molar-refractivity contribution is -0.275. The zero-order valence-corrected chi connectivity index (χ0v) is 25.2. The summed E-state index contributed by atoms with van der Waals surface area (Å²) in [6.07, 6.45) is -2.07. The van der Waals surface area contributed by atoms with Crippen molar-refractivity contribution in [2.45, 2.75) is 72.5 Å². The highest BCUT2D eigenvalue weighted by molar-refractivity contribution is 5.96. The number of carboxylic acid groups (broad SMARTS) is 1. The molecular weight excluding hydrogens is 626 g/mol. The number of alkyl halides is 3. The van der Waals surface area contributed by atoms with E-state index < -0.39 is 35.4 Å². The molecule has 0 fully saturated rings. The molecule has 2 aromatic carbocycles. The summed E-state index contributed by atoms with van der Waals surface area (Å²) in [5.74, 6) is -3.97. The molecule has 1 atom stereocenters. The standard InChI is InChI=1S/C23H24N4O5.C8H7F4NO.CH4/c1-12-13-7-8-16(15(13)6-5-14(12)22(31)32-23(2,3)4)26-20(28)18-11-17(21(29)30)25-19-9-10-24-27(18)19;9-6-2-1-5(4-13)3-7(6)14-8(10,11)12;/h5-6,9-11,16H,7-8H2,1-4H3,(H,26,28)(H,29,30);1-3H,4,13H2;1H4/t16-;;/m0../s1. The highest BCUT2D eigenvalue weighted by atomic mass is 19.4. The summed E-state index contributed by atoms with van der Waals surface area (Å²) in [6, 6.07) is 9.15. The average molecular weight is 662 g/mol. The van der Waals surface area contributed by atoms with Crippen LogP contribution in [-0.4, -0.2) is 49.5 Å². The Kier molecular flexibility index (Phi) is 11.0. The summed E-state index contributed by atoms with van der Waals surface area (Å²) < 4.78 is 58.2. The normalized spacial score (nSPS) is 13.9. The Hall–Kier alpha value is -5.05. The molecule has 1 amide bonds. The number of benzene rings is 2. The van der Waals surface area contributed by atoms with E-state index in [4.69, 9.17) is 10.5 Å². The molecule has 0 unspecified atom stereocenters. The van der Waals surface area contributed by atoms with E-state index in [0.717, 1.165) is 28.8 Å². The molecule has 47 heavy (non-hydrogen) atoms. The number of carboxylic acids is 1. The van der Waals surface area contributed by atoms with Crippen LogP contribution >= 0.6 is 0 Å². The zero-order chi connectivity index (χ0) is 34.0. The minimum absolute atomic E-state index is 0. The number of rotatable bonds is 6. The first kappa shape index (κ1) is 36.4. The molecule has 0 spiro atoms. The Morgan fingerprint density at radius 1 is 1.11 bits per heavy atom. The molecule has 1 aliphatic carbocycles. The van der Waals surface area contributed by atoms with Gasteiger partial charge in [-0.3, -0.25) is 4.79 Å². The molecule has 0 aliphatic heterocycles. The number of hydrogen-bond acceptors (Lipinski definition) is 8. The number of halogens is 4. The van der Waals surface area contributed by atoms with Crippen LogP contribution in [0.15, 0.2) is 48.7 Å². The van der Waals surface area contributed by atoms with Crippen molar-refractivity contribution in [3.8, 4) is 5.75 Å². The van der Waals surface area contributed by atoms with Crippen molar-refractivity contribution in [3.63, 3.8) is 0 Å². The summed E-state index contributed by atoms with van der Waals surface area (Å²) in [4.78, 5) is 41.0. The molecule has 0 bridgehead atoms. The van der Waals surface area contributed by atoms with Gasteiger partial charge in [0, 0.05) is 18.7 Å². The van der Waals surface area contributed by atoms with Gasteiger partial charge in [-0.1, -0.05) is 19.6 Å². The van der Waals surface area contributed by atoms with E-state index in [2.05, 4.69) is 20.1 Å². The van der Waals surface area contributed by atoms with Crippen LogP contribution in [0.5, 0.6) is 5.75 Å². The highest BCUT2D eigenvalue weighted by Gasteiger charge is 2.33. The van der Waals surface area contributed by atoms with Crippen LogP contribution < -0.4 is 15.8 Å². The molecule has 5 rings (SSSR count). The van der Waals surface area contributed by atoms with E-state index in [1.807, 2.05) is 33.8 Å². The van der Waals surface area contributed by atoms with Gasteiger partial charge in [0.15, 0.2) is 22.9 Å². The first-order chi connectivity index (χ1) is 21.5. The van der Waals surface area contributed by atoms with E-state index >= 15 is 0 Å². The summed E-state index contributed by atoms with van der Waals surface area (Å²) in [7, 11) is 0. The average Bonchev–Trinajstić information content (AvgIpc) is 3.60. The molecule has 11 nitrogen and oxygen atoms in total. The lowest BCUT2D eigenvalue weighted by Gasteiger charge is -2.21. The third-order valence-corrected chi connectivity index (χ3v) is 6.89. The zero-order valence-electron chi connectivity index (χ0n) is 25.2. The Balaban J connectivity index is 0.000000338. The largest absolute Gasteiger partial charge is 0.573 e. The predicted octanol–water partition coefficient (Wildman–Crippen LogP) is 5.93. The van der Waals surface area contributed by atoms with Crippen molar-refractivity contribution >= 4 is 23.5 Å². The van der Waals surface area contributed by atoms with Gasteiger partial charge in [-0.15, -0.1) is 13.2 Å². The molecular formula is C32H35F4N5O6. The van der Waals surface area contributed by atoms with E-state index in [9.17, 15) is 37.1 Å². The molecule has 1 aliphatic rings. The molecule has 4 N–H and O–H groups in total. The number of aromatic nitrogens is 3. The van der Waals surface area contributed by atoms with Gasteiger partial charge in [0.25, 0.3) is 5.91 Å². The quantitative estimate of drug-likeness (QED) is 0.168. The van der Waals surface area contributed by atoms with Crippen molar-refractivity contribution in [1.29, 1.82) is 0 Å². The molecule has 0 saturated heterocycles. The van der Waals surface area contributed by atoms with Crippen molar-refractivity contribution in [1.82, 2.24) is 19.9 Å². The minimum Gasteiger partial charge on any atom is -0.477 e. The topological polar surface area (TPSA) is 158 Å². The van der Waals surface area contributed by atoms with Gasteiger partial charge >= 0.3 is 18.3 Å². The second-order valence-electron chi connectivity index (χ2n) is 11.3. The molecule has 0 radical (unpaired) electrons. The molecule has 2 aromatic heterocycles. The molecule has 0 saturated carbocycles. The van der Waals surface area contributed by atoms with E-state index in [1.54, 1.807) is 6.07 Å². The van der Waals surface area contributed by atoms with E-state index in [-0.39, 0.29) is 43.0 Å². The van der Waals surface area contributed by atoms with Crippen LogP contribution in [0.25, 0.3) is 5.65 Å². The Morgan fingerprint density at radius 2 is 1.81 bits per heavy atom. The van der Waals surface area contributed by atoms with Crippen LogP contribution in [0, 0.1) is 12.7 Å². The fourth-order valence-corrected chi connectivity index (χ4v) is 4.88. The predicted molar refractivity (Wildman–Crippen MR) is 163 cm³/mol. The van der Waals surface area contributed by atoms with Gasteiger partial charge in [-0.2, -0.15) is 5.10 Å². The van der Waals surface area contributed by atoms with Crippen LogP contribution in [0.1, 0.15) is 94.2 Å². The lowest BCUT2D eigenvalue weighted by atomic mass is 9.97. The van der Waals surface area contributed by atoms with Gasteiger partial charge in [0.05, 0.1) is 17.8 Å². The Morgan fingerprint density at radius 3 is 2.43 bits per heavy atom. The fraction of sp³-hybridized carbons (Fsp3) is 0.344. The minimum atomic E-state index is -4.89. The smallest absolute Gasteiger partial charge is 0.477 e. The van der Waals surface area contributed by atoms with Gasteiger partial charge in [-0.25, -0.2) is 23.5 Å². The van der Waals surface area contributed by atoms with Gasteiger partial charge < -0.3 is 25.6 Å². The van der Waals surface area contributed by atoms with Crippen LogP contribution in [0.3, 0.4) is 0 Å². The number of fused-ring (bicyclic) bond motifs is 2. The third kappa shape index (κ3) is 8.82. The summed E-state index contributed by atoms with van der Waals surface area (Å²) >= 11 is 0. The Labute approximate surface area is 267 Å². The van der Waals surface area contributed by atoms with Crippen LogP contribution in [0.4, 0.5) is 17.6 Å². The summed E-state index contributed by atoms with van der Waals surface area (Å²) in [5.41, 5.74) is 8.41. The number of nitrogens with one attached hydrogen (secondary N) is 1. The first-order valence-corrected chi connectivity index (χ1v) is 14.0. The SMILES string of the molecule is C.Cc1c(C(=O)OC(C)(C)C)ccc2c1CC[C@@H]2NC(=O)c1cc(C(=O)O)nc2ccnn12.NCc1ccc(F)c(OC(F)(F)F)c1. The van der Waals surface area contributed by atoms with Gasteiger partial charge in [0.2, 0.25) is 0 Å². The molecule has 252 valence electrons. The van der Waals surface area contributed by atoms with Gasteiger partial charge in [-0.05, 0) is 81.0 Å². The maximum atomic E-state index is 13.0. The van der Waals surface area contributed by atoms with Crippen molar-refractivity contribution < 1.29 is 46.5 Å². The second-order valence-corrected chi connectivity index (χ2v) is 11.3. The second kappa shape index (κ2) is 14.2. The summed E-state index contributed by atoms with van der Waals surface area (Å²) in [5, 5.41) is 16.4. The first-order valence-electron chi connectivity index (χ1n) is 14.0. The number of ether oxygens (including phenoxy) is 2. The van der Waals surface area contributed by atoms with Crippen molar-refractivity contribution in [3.05, 3.63) is 93.7 Å². The maximum absolute atomic E-state index is 13.0. The maximum Gasteiger partial charge on any atom is 0.573 e. The van der Waals surface area contributed by atoms with E-state index in [0.29, 0.717) is 24.0 Å². The number of hydrogen-bond donors (Lipinski definition) is 3. The van der Waals surface area contributed by atoms with Crippen molar-refractivity contribution in [2.24, 2.45) is 5.73 Å². The van der Waals surface area contributed by atoms with E-state index in [1.165, 1.54) is 28.9 Å². The molecule has 4 aromatic rings. The monoisotopic (exact) mass is 661 g/mol. The molecule has 15 heteroatoms. The number of esters is 1. The number of nitrogens with zero attached hydrogens (tertiary/aromatic N) is 3. The van der Waals surface area contributed by atoms with Gasteiger partial charge in [0.1, 0.15) is 11.3 Å². The highest BCUT2D eigenvalue weighted by Crippen LogP contribution is 2.35. The molecule has 2 heterocycles. The number of amides is 1. The number of carbonyl (C=O) groups excluding carboxylic acids is 2. The number of carbonyl (C=O) groups is 3. The van der Waals surface area contributed by atoms with Crippen LogP contribution in [0.2, 0.25) is 0 Å². The van der Waals surface area contributed by atoms with Crippen molar-refractivity contribution in [2.75, 3.05) is 0 Å². The number of aromatic carboxylic acids is 1. The fourth-order valence-electron chi connectivity index (χ4n) is 4.88. The lowest BCUT2D eigenvalue weighted by Crippen LogP contribution is -2.29.